The van der Waals surface area contributed by atoms with Crippen LogP contribution in [0.25, 0.3) is 22.4 Å². The molecule has 0 atom stereocenters. The predicted molar refractivity (Wildman–Crippen MR) is 101 cm³/mol. The first-order valence-electron chi connectivity index (χ1n) is 8.60. The van der Waals surface area contributed by atoms with Gasteiger partial charge in [-0.1, -0.05) is 60.2 Å². The summed E-state index contributed by atoms with van der Waals surface area (Å²) in [5.74, 6) is 0.0215. The highest BCUT2D eigenvalue weighted by Gasteiger charge is 2.15. The van der Waals surface area contributed by atoms with E-state index in [9.17, 15) is 4.79 Å². The number of aromatic nitrogens is 2. The van der Waals surface area contributed by atoms with Crippen molar-refractivity contribution in [1.82, 2.24) is 9.97 Å². The molecule has 2 aromatic carbocycles. The zero-order valence-corrected chi connectivity index (χ0v) is 14.5. The molecule has 0 amide bonds. The maximum absolute atomic E-state index is 12.4. The van der Waals surface area contributed by atoms with Crippen molar-refractivity contribution in [1.29, 1.82) is 0 Å². The fraction of sp³-hybridized carbons (Fsp3) is 0.136. The van der Waals surface area contributed by atoms with E-state index in [1.165, 1.54) is 5.56 Å². The van der Waals surface area contributed by atoms with Crippen LogP contribution < -0.4 is 0 Å². The Hall–Kier alpha value is -3.27. The van der Waals surface area contributed by atoms with Gasteiger partial charge in [0.05, 0.1) is 0 Å². The highest BCUT2D eigenvalue weighted by atomic mass is 16.4. The molecule has 0 aliphatic carbocycles. The van der Waals surface area contributed by atoms with Crippen LogP contribution in [0.15, 0.2) is 71.3 Å². The van der Waals surface area contributed by atoms with Gasteiger partial charge in [-0.3, -0.25) is 4.79 Å². The summed E-state index contributed by atoms with van der Waals surface area (Å²) in [5, 5.41) is 0. The molecule has 0 spiro atoms. The van der Waals surface area contributed by atoms with Crippen molar-refractivity contribution in [2.45, 2.75) is 19.8 Å². The van der Waals surface area contributed by atoms with Crippen molar-refractivity contribution >= 4 is 17.0 Å². The molecule has 0 fully saturated rings. The van der Waals surface area contributed by atoms with Gasteiger partial charge in [-0.25, -0.2) is 4.98 Å². The predicted octanol–water partition coefficient (Wildman–Crippen LogP) is 5.01. The van der Waals surface area contributed by atoms with Gasteiger partial charge in [0.25, 0.3) is 5.89 Å². The minimum atomic E-state index is -0.108. The SMILES string of the molecule is Cc1ccc(-c2cnc3nc(C(=O)CCc4ccccc4)oc3c2)cc1. The molecular weight excluding hydrogens is 324 g/mol. The third-order valence-corrected chi connectivity index (χ3v) is 4.35. The normalized spacial score (nSPS) is 11.0. The third kappa shape index (κ3) is 3.40. The largest absolute Gasteiger partial charge is 0.432 e. The summed E-state index contributed by atoms with van der Waals surface area (Å²) in [7, 11) is 0. The van der Waals surface area contributed by atoms with E-state index >= 15 is 0 Å². The lowest BCUT2D eigenvalue weighted by atomic mass is 10.1. The molecule has 4 nitrogen and oxygen atoms in total. The Morgan fingerprint density at radius 1 is 1.00 bits per heavy atom. The van der Waals surface area contributed by atoms with E-state index in [1.54, 1.807) is 6.20 Å². The van der Waals surface area contributed by atoms with Crippen molar-refractivity contribution in [2.24, 2.45) is 0 Å². The molecule has 0 aliphatic heterocycles. The number of benzene rings is 2. The first-order valence-corrected chi connectivity index (χ1v) is 8.60. The molecule has 0 N–H and O–H groups in total. The van der Waals surface area contributed by atoms with Gasteiger partial charge in [-0.05, 0) is 30.5 Å². The van der Waals surface area contributed by atoms with Gasteiger partial charge in [0.1, 0.15) is 0 Å². The van der Waals surface area contributed by atoms with E-state index in [0.29, 0.717) is 24.1 Å². The number of Topliss-reactive ketones (excluding diaryl/α,β-unsaturated/α-hetero) is 1. The highest BCUT2D eigenvalue weighted by Crippen LogP contribution is 2.24. The lowest BCUT2D eigenvalue weighted by Gasteiger charge is -2.00. The number of ketones is 1. The number of rotatable bonds is 5. The van der Waals surface area contributed by atoms with Crippen LogP contribution in [0.4, 0.5) is 0 Å². The molecule has 0 aliphatic rings. The first kappa shape index (κ1) is 16.2. The number of pyridine rings is 1. The van der Waals surface area contributed by atoms with Crippen LogP contribution in [-0.4, -0.2) is 15.8 Å². The Kier molecular flexibility index (Phi) is 4.32. The number of nitrogens with zero attached hydrogens (tertiary/aromatic N) is 2. The number of carbonyl (C=O) groups is 1. The quantitative estimate of drug-likeness (QED) is 0.478. The Morgan fingerprint density at radius 2 is 1.77 bits per heavy atom. The molecule has 0 saturated heterocycles. The zero-order valence-electron chi connectivity index (χ0n) is 14.5. The lowest BCUT2D eigenvalue weighted by Crippen LogP contribution is -2.01. The van der Waals surface area contributed by atoms with Crippen molar-refractivity contribution in [2.75, 3.05) is 0 Å². The smallest absolute Gasteiger partial charge is 0.265 e. The van der Waals surface area contributed by atoms with Crippen LogP contribution >= 0.6 is 0 Å². The average Bonchev–Trinajstić information content (AvgIpc) is 3.11. The minimum Gasteiger partial charge on any atom is -0.432 e. The number of hydrogen-bond acceptors (Lipinski definition) is 4. The van der Waals surface area contributed by atoms with Crippen LogP contribution in [0.3, 0.4) is 0 Å². The molecule has 0 radical (unpaired) electrons. The molecule has 4 heteroatoms. The third-order valence-electron chi connectivity index (χ3n) is 4.35. The Morgan fingerprint density at radius 3 is 2.54 bits per heavy atom. The Bertz CT molecular complexity index is 1050. The summed E-state index contributed by atoms with van der Waals surface area (Å²) in [5.41, 5.74) is 5.32. The van der Waals surface area contributed by atoms with Gasteiger partial charge in [0.15, 0.2) is 11.2 Å². The zero-order chi connectivity index (χ0) is 17.9. The van der Waals surface area contributed by atoms with Gasteiger partial charge >= 0.3 is 0 Å². The molecule has 4 aromatic rings. The topological polar surface area (TPSA) is 56.0 Å². The summed E-state index contributed by atoms with van der Waals surface area (Å²) in [6, 6.07) is 20.0. The van der Waals surface area contributed by atoms with Gasteiger partial charge in [0.2, 0.25) is 5.78 Å². The number of fused-ring (bicyclic) bond motifs is 1. The van der Waals surface area contributed by atoms with E-state index in [4.69, 9.17) is 4.42 Å². The van der Waals surface area contributed by atoms with E-state index in [0.717, 1.165) is 16.7 Å². The second kappa shape index (κ2) is 6.92. The summed E-state index contributed by atoms with van der Waals surface area (Å²) in [4.78, 5) is 21.0. The highest BCUT2D eigenvalue weighted by molar-refractivity contribution is 5.94. The molecule has 2 heterocycles. The minimum absolute atomic E-state index is 0.108. The van der Waals surface area contributed by atoms with Crippen molar-refractivity contribution in [3.05, 3.63) is 83.9 Å². The molecule has 4 rings (SSSR count). The Labute approximate surface area is 151 Å². The van der Waals surface area contributed by atoms with E-state index in [-0.39, 0.29) is 11.7 Å². The van der Waals surface area contributed by atoms with Gasteiger partial charge in [-0.2, -0.15) is 4.98 Å². The molecular formula is C22H18N2O2. The van der Waals surface area contributed by atoms with Crippen molar-refractivity contribution in [3.8, 4) is 11.1 Å². The summed E-state index contributed by atoms with van der Waals surface area (Å²) < 4.78 is 5.68. The second-order valence-electron chi connectivity index (χ2n) is 6.34. The van der Waals surface area contributed by atoms with E-state index in [1.807, 2.05) is 48.5 Å². The van der Waals surface area contributed by atoms with Gasteiger partial charge in [-0.15, -0.1) is 0 Å². The molecule has 0 saturated carbocycles. The molecule has 2 aromatic heterocycles. The lowest BCUT2D eigenvalue weighted by molar-refractivity contribution is 0.0951. The second-order valence-corrected chi connectivity index (χ2v) is 6.34. The van der Waals surface area contributed by atoms with Crippen LogP contribution in [0.5, 0.6) is 0 Å². The number of carbonyl (C=O) groups excluding carboxylic acids is 1. The van der Waals surface area contributed by atoms with Crippen molar-refractivity contribution < 1.29 is 9.21 Å². The van der Waals surface area contributed by atoms with E-state index < -0.39 is 0 Å². The first-order chi connectivity index (χ1) is 12.7. The van der Waals surface area contributed by atoms with Gasteiger partial charge < -0.3 is 4.42 Å². The summed E-state index contributed by atoms with van der Waals surface area (Å²) in [6.45, 7) is 2.05. The molecule has 0 bridgehead atoms. The molecule has 128 valence electrons. The van der Waals surface area contributed by atoms with E-state index in [2.05, 4.69) is 29.0 Å². The number of aryl methyl sites for hydroxylation is 2. The summed E-state index contributed by atoms with van der Waals surface area (Å²) >= 11 is 0. The summed E-state index contributed by atoms with van der Waals surface area (Å²) in [6.07, 6.45) is 2.79. The van der Waals surface area contributed by atoms with Crippen molar-refractivity contribution in [3.63, 3.8) is 0 Å². The van der Waals surface area contributed by atoms with Crippen LogP contribution in [0.1, 0.15) is 28.2 Å². The number of oxazole rings is 1. The maximum Gasteiger partial charge on any atom is 0.265 e. The maximum atomic E-state index is 12.4. The standard InChI is InChI=1S/C22H18N2O2/c1-15-7-10-17(11-8-15)18-13-20-21(23-14-18)24-22(26-20)19(25)12-9-16-5-3-2-4-6-16/h2-8,10-11,13-14H,9,12H2,1H3. The van der Waals surface area contributed by atoms with Crippen LogP contribution in [0.2, 0.25) is 0 Å². The molecule has 26 heavy (non-hydrogen) atoms. The monoisotopic (exact) mass is 342 g/mol. The Balaban J connectivity index is 1.55. The van der Waals surface area contributed by atoms with Crippen LogP contribution in [-0.2, 0) is 6.42 Å². The van der Waals surface area contributed by atoms with Gasteiger partial charge in [0, 0.05) is 18.2 Å². The molecule has 0 unspecified atom stereocenters. The fourth-order valence-electron chi connectivity index (χ4n) is 2.85. The van der Waals surface area contributed by atoms with Crippen LogP contribution in [0, 0.1) is 6.92 Å². The fourth-order valence-corrected chi connectivity index (χ4v) is 2.85. The number of hydrogen-bond donors (Lipinski definition) is 0. The average molecular weight is 342 g/mol.